The van der Waals surface area contributed by atoms with Crippen LogP contribution in [0.15, 0.2) is 30.7 Å². The molecule has 0 bridgehead atoms. The minimum Gasteiger partial charge on any atom is -0.445 e. The summed E-state index contributed by atoms with van der Waals surface area (Å²) in [5.41, 5.74) is 3.67. The number of nitrogens with zero attached hydrogens (tertiary/aromatic N) is 4. The van der Waals surface area contributed by atoms with Crippen LogP contribution in [0.1, 0.15) is 58.0 Å². The van der Waals surface area contributed by atoms with Crippen molar-refractivity contribution in [3.8, 4) is 0 Å². The first-order valence-corrected chi connectivity index (χ1v) is 11.1. The molecule has 0 saturated heterocycles. The summed E-state index contributed by atoms with van der Waals surface area (Å²) in [5.74, 6) is -0.144. The molecule has 10 nitrogen and oxygen atoms in total. The maximum atomic E-state index is 13.1. The van der Waals surface area contributed by atoms with E-state index in [-0.39, 0.29) is 18.5 Å². The highest BCUT2D eigenvalue weighted by Crippen LogP contribution is 2.28. The third kappa shape index (κ3) is 4.57. The van der Waals surface area contributed by atoms with Crippen LogP contribution in [0.25, 0.3) is 5.52 Å². The van der Waals surface area contributed by atoms with Crippen molar-refractivity contribution < 1.29 is 19.1 Å². The molecule has 2 aromatic heterocycles. The first-order chi connectivity index (χ1) is 16.3. The lowest BCUT2D eigenvalue weighted by atomic mass is 10.1. The molecule has 3 aromatic rings. The predicted octanol–water partition coefficient (Wildman–Crippen LogP) is 3.76. The van der Waals surface area contributed by atoms with Crippen LogP contribution in [0.3, 0.4) is 0 Å². The Hall–Kier alpha value is -3.95. The number of carbonyl (C=O) groups excluding carboxylic acids is 3. The van der Waals surface area contributed by atoms with Gasteiger partial charge >= 0.3 is 6.09 Å². The Morgan fingerprint density at radius 2 is 2.03 bits per heavy atom. The lowest BCUT2D eigenvalue weighted by Crippen LogP contribution is -2.37. The van der Waals surface area contributed by atoms with Crippen molar-refractivity contribution in [1.29, 1.82) is 0 Å². The van der Waals surface area contributed by atoms with Gasteiger partial charge in [-0.15, -0.1) is 0 Å². The number of benzene rings is 1. The van der Waals surface area contributed by atoms with Crippen molar-refractivity contribution in [3.05, 3.63) is 60.1 Å². The summed E-state index contributed by atoms with van der Waals surface area (Å²) in [6, 6.07) is 5.70. The van der Waals surface area contributed by atoms with Gasteiger partial charge in [0.2, 0.25) is 0 Å². The maximum Gasteiger partial charge on any atom is 0.416 e. The van der Waals surface area contributed by atoms with Gasteiger partial charge in [0, 0.05) is 30.0 Å². The summed E-state index contributed by atoms with van der Waals surface area (Å²) >= 11 is 0. The smallest absolute Gasteiger partial charge is 0.416 e. The van der Waals surface area contributed by atoms with Gasteiger partial charge in [0.1, 0.15) is 19.0 Å². The SMILES string of the molecule is [CH2]OC(=O)N(CCC)C(=O)c1cn2ncnc(Nc3cc(C(=O)NC4CC4)ccc3C)c2c1C. The van der Waals surface area contributed by atoms with Crippen molar-refractivity contribution >= 4 is 34.9 Å². The molecule has 34 heavy (non-hydrogen) atoms. The van der Waals surface area contributed by atoms with Crippen LogP contribution in [-0.2, 0) is 4.74 Å². The average molecular weight is 464 g/mol. The average Bonchev–Trinajstić information content (AvgIpc) is 3.58. The highest BCUT2D eigenvalue weighted by Gasteiger charge is 2.27. The number of aromatic nitrogens is 3. The summed E-state index contributed by atoms with van der Waals surface area (Å²) in [7, 11) is 3.13. The van der Waals surface area contributed by atoms with E-state index in [1.54, 1.807) is 25.3 Å². The molecule has 1 fully saturated rings. The maximum absolute atomic E-state index is 13.1. The number of nitrogens with one attached hydrogen (secondary N) is 2. The third-order valence-electron chi connectivity index (χ3n) is 5.76. The fourth-order valence-corrected chi connectivity index (χ4v) is 3.71. The normalized spacial score (nSPS) is 12.9. The summed E-state index contributed by atoms with van der Waals surface area (Å²) in [5, 5.41) is 10.5. The second-order valence-electron chi connectivity index (χ2n) is 8.34. The number of hydrogen-bond acceptors (Lipinski definition) is 7. The largest absolute Gasteiger partial charge is 0.445 e. The number of aryl methyl sites for hydroxylation is 2. The lowest BCUT2D eigenvalue weighted by Gasteiger charge is -2.18. The zero-order valence-electron chi connectivity index (χ0n) is 19.4. The minimum atomic E-state index is -0.817. The highest BCUT2D eigenvalue weighted by atomic mass is 16.5. The molecule has 1 saturated carbocycles. The Kier molecular flexibility index (Phi) is 6.49. The third-order valence-corrected chi connectivity index (χ3v) is 5.76. The van der Waals surface area contributed by atoms with E-state index in [1.807, 2.05) is 19.9 Å². The lowest BCUT2D eigenvalue weighted by molar-refractivity contribution is 0.0726. The molecule has 0 aliphatic heterocycles. The Bertz CT molecular complexity index is 1260. The molecule has 2 heterocycles. The molecule has 1 radical (unpaired) electrons. The minimum absolute atomic E-state index is 0.113. The van der Waals surface area contributed by atoms with Gasteiger partial charge in [-0.25, -0.2) is 19.2 Å². The van der Waals surface area contributed by atoms with Gasteiger partial charge in [-0.3, -0.25) is 9.59 Å². The topological polar surface area (TPSA) is 118 Å². The fraction of sp³-hybridized carbons (Fsp3) is 0.333. The molecule has 2 N–H and O–H groups in total. The highest BCUT2D eigenvalue weighted by molar-refractivity contribution is 6.05. The van der Waals surface area contributed by atoms with E-state index in [9.17, 15) is 14.4 Å². The standard InChI is InChI=1S/C24H27N6O4/c1-5-10-29(24(33)34-4)23(32)18-12-30-20(15(18)3)21(25-13-26-30)28-19-11-16(7-6-14(19)2)22(31)27-17-8-9-17/h6-7,11-13,17H,4-5,8-10H2,1-3H3,(H,27,31)(H,25,26,28). The van der Waals surface area contributed by atoms with E-state index in [0.717, 1.165) is 23.3 Å². The number of carbonyl (C=O) groups is 3. The van der Waals surface area contributed by atoms with E-state index in [1.165, 1.54) is 10.8 Å². The van der Waals surface area contributed by atoms with E-state index < -0.39 is 12.0 Å². The monoisotopic (exact) mass is 463 g/mol. The Labute approximate surface area is 197 Å². The summed E-state index contributed by atoms with van der Waals surface area (Å²) < 4.78 is 6.07. The zero-order chi connectivity index (χ0) is 24.4. The molecule has 177 valence electrons. The molecular formula is C24H27N6O4. The molecule has 1 aromatic carbocycles. The van der Waals surface area contributed by atoms with Gasteiger partial charge in [-0.2, -0.15) is 5.10 Å². The molecule has 4 rings (SSSR count). The Morgan fingerprint density at radius 3 is 2.71 bits per heavy atom. The molecule has 10 heteroatoms. The quantitative estimate of drug-likeness (QED) is 0.548. The molecule has 1 aliphatic carbocycles. The fourth-order valence-electron chi connectivity index (χ4n) is 3.71. The van der Waals surface area contributed by atoms with Crippen molar-refractivity contribution in [2.75, 3.05) is 11.9 Å². The van der Waals surface area contributed by atoms with E-state index in [4.69, 9.17) is 0 Å². The van der Waals surface area contributed by atoms with E-state index in [0.29, 0.717) is 40.1 Å². The van der Waals surface area contributed by atoms with Gasteiger partial charge in [0.25, 0.3) is 11.8 Å². The van der Waals surface area contributed by atoms with E-state index in [2.05, 4.69) is 32.6 Å². The molecule has 1 aliphatic rings. The van der Waals surface area contributed by atoms with Crippen molar-refractivity contribution in [2.24, 2.45) is 0 Å². The van der Waals surface area contributed by atoms with Gasteiger partial charge in [-0.1, -0.05) is 13.0 Å². The van der Waals surface area contributed by atoms with Gasteiger partial charge in [-0.05, 0) is 56.4 Å². The number of amides is 3. The summed E-state index contributed by atoms with van der Waals surface area (Å²) in [6.07, 6.45) is 4.71. The van der Waals surface area contributed by atoms with Crippen LogP contribution >= 0.6 is 0 Å². The number of imide groups is 1. The Balaban J connectivity index is 1.68. The number of hydrogen-bond donors (Lipinski definition) is 2. The number of ether oxygens (including phenoxy) is 1. The van der Waals surface area contributed by atoms with Crippen LogP contribution < -0.4 is 10.6 Å². The van der Waals surface area contributed by atoms with Crippen LogP contribution in [0.4, 0.5) is 16.3 Å². The van der Waals surface area contributed by atoms with Crippen molar-refractivity contribution in [1.82, 2.24) is 24.8 Å². The second kappa shape index (κ2) is 9.50. The molecule has 0 spiro atoms. The van der Waals surface area contributed by atoms with E-state index >= 15 is 0 Å². The predicted molar refractivity (Wildman–Crippen MR) is 126 cm³/mol. The van der Waals surface area contributed by atoms with Gasteiger partial charge < -0.3 is 15.4 Å². The van der Waals surface area contributed by atoms with Crippen LogP contribution in [0, 0.1) is 21.0 Å². The summed E-state index contributed by atoms with van der Waals surface area (Å²) in [4.78, 5) is 43.1. The van der Waals surface area contributed by atoms with Crippen LogP contribution in [0.5, 0.6) is 0 Å². The van der Waals surface area contributed by atoms with Gasteiger partial charge in [0.05, 0.1) is 5.56 Å². The number of rotatable bonds is 7. The number of fused-ring (bicyclic) bond motifs is 1. The molecule has 0 unspecified atom stereocenters. The second-order valence-corrected chi connectivity index (χ2v) is 8.34. The summed E-state index contributed by atoms with van der Waals surface area (Å²) in [6.45, 7) is 5.75. The first-order valence-electron chi connectivity index (χ1n) is 11.1. The zero-order valence-corrected chi connectivity index (χ0v) is 19.4. The Morgan fingerprint density at radius 1 is 1.26 bits per heavy atom. The van der Waals surface area contributed by atoms with Crippen molar-refractivity contribution in [3.63, 3.8) is 0 Å². The van der Waals surface area contributed by atoms with Crippen molar-refractivity contribution in [2.45, 2.75) is 46.1 Å². The van der Waals surface area contributed by atoms with Gasteiger partial charge in [0.15, 0.2) is 5.82 Å². The van der Waals surface area contributed by atoms with Crippen LogP contribution in [-0.4, -0.2) is 50.0 Å². The number of anilines is 2. The molecule has 3 amide bonds. The molecular weight excluding hydrogens is 436 g/mol. The molecule has 0 atom stereocenters. The first kappa shape index (κ1) is 23.2. The van der Waals surface area contributed by atoms with Crippen LogP contribution in [0.2, 0.25) is 0 Å².